The molecule has 0 saturated heterocycles. The quantitative estimate of drug-likeness (QED) is 0.186. The molecular formula is C29H23Cl2N3O6S. The summed E-state index contributed by atoms with van der Waals surface area (Å²) in [7, 11) is -3.72. The second kappa shape index (κ2) is 12.9. The van der Waals surface area contributed by atoms with E-state index < -0.39 is 33.8 Å². The van der Waals surface area contributed by atoms with Gasteiger partial charge in [0.25, 0.3) is 5.91 Å². The number of hydrogen-bond acceptors (Lipinski definition) is 5. The Morgan fingerprint density at radius 2 is 1.24 bits per heavy atom. The third-order valence-electron chi connectivity index (χ3n) is 5.92. The van der Waals surface area contributed by atoms with Crippen LogP contribution in [0.25, 0.3) is 0 Å². The van der Waals surface area contributed by atoms with E-state index in [1.807, 2.05) is 0 Å². The number of hydrogen-bond donors (Lipinski definition) is 4. The molecule has 0 saturated carbocycles. The van der Waals surface area contributed by atoms with Crippen LogP contribution in [0.5, 0.6) is 0 Å². The van der Waals surface area contributed by atoms with Crippen LogP contribution in [0, 0.1) is 0 Å². The van der Waals surface area contributed by atoms with Crippen molar-refractivity contribution in [1.29, 1.82) is 0 Å². The largest absolute Gasteiger partial charge is 0.480 e. The smallest absolute Gasteiger partial charge is 0.326 e. The summed E-state index contributed by atoms with van der Waals surface area (Å²) in [5, 5.41) is 17.6. The Balaban J connectivity index is 1.36. The zero-order chi connectivity index (χ0) is 29.6. The minimum absolute atomic E-state index is 0.0401. The molecule has 0 fully saturated rings. The molecular weight excluding hydrogens is 589 g/mol. The van der Waals surface area contributed by atoms with Gasteiger partial charge in [0.2, 0.25) is 9.84 Å². The number of sulfone groups is 1. The summed E-state index contributed by atoms with van der Waals surface area (Å²) in [6, 6.07) is 22.5. The van der Waals surface area contributed by atoms with Crippen molar-refractivity contribution in [1.82, 2.24) is 5.32 Å². The van der Waals surface area contributed by atoms with E-state index in [4.69, 9.17) is 23.2 Å². The number of carbonyl (C=O) groups is 3. The SMILES string of the molecule is O=C(Nc1ccc(S(=O)(=O)c2ccccc2)cc1)NC(Cc1ccc(NC(=O)c2c(Cl)cccc2Cl)cc1)C(=O)O. The highest BCUT2D eigenvalue weighted by atomic mass is 35.5. The second-order valence-electron chi connectivity index (χ2n) is 8.78. The fourth-order valence-corrected chi connectivity index (χ4v) is 5.70. The van der Waals surface area contributed by atoms with E-state index >= 15 is 0 Å². The van der Waals surface area contributed by atoms with Crippen LogP contribution >= 0.6 is 23.2 Å². The third kappa shape index (κ3) is 7.43. The molecule has 0 aliphatic carbocycles. The molecule has 9 nitrogen and oxygen atoms in total. The fraction of sp³-hybridized carbons (Fsp3) is 0.0690. The molecule has 4 N–H and O–H groups in total. The van der Waals surface area contributed by atoms with Gasteiger partial charge in [0.05, 0.1) is 25.4 Å². The monoisotopic (exact) mass is 611 g/mol. The number of halogens is 2. The Kier molecular flexibility index (Phi) is 9.28. The summed E-state index contributed by atoms with van der Waals surface area (Å²) >= 11 is 12.2. The number of carbonyl (C=O) groups excluding carboxylic acids is 2. The molecule has 1 atom stereocenters. The van der Waals surface area contributed by atoms with Crippen LogP contribution in [-0.4, -0.2) is 37.5 Å². The van der Waals surface area contributed by atoms with Crippen molar-refractivity contribution in [2.24, 2.45) is 0 Å². The Labute approximate surface area is 246 Å². The summed E-state index contributed by atoms with van der Waals surface area (Å²) in [4.78, 5) is 37.1. The van der Waals surface area contributed by atoms with Crippen molar-refractivity contribution in [3.63, 3.8) is 0 Å². The average molecular weight is 612 g/mol. The molecule has 0 radical (unpaired) electrons. The van der Waals surface area contributed by atoms with Crippen LogP contribution in [0.2, 0.25) is 10.0 Å². The third-order valence-corrected chi connectivity index (χ3v) is 8.34. The standard InChI is InChI=1S/C29H23Cl2N3O6S/c30-23-7-4-8-24(31)26(23)27(35)32-19-11-9-18(10-12-19)17-25(28(36)37)34-29(38)33-20-13-15-22(16-14-20)41(39,40)21-5-2-1-3-6-21/h1-16,25H,17H2,(H,32,35)(H,36,37)(H2,33,34,38). The molecule has 12 heteroatoms. The predicted octanol–water partition coefficient (Wildman–Crippen LogP) is 5.90. The van der Waals surface area contributed by atoms with Crippen LogP contribution in [0.15, 0.2) is 107 Å². The molecule has 0 aliphatic heterocycles. The number of amides is 3. The van der Waals surface area contributed by atoms with E-state index in [0.717, 1.165) is 0 Å². The van der Waals surface area contributed by atoms with Crippen molar-refractivity contribution >= 4 is 62.3 Å². The number of anilines is 2. The predicted molar refractivity (Wildman–Crippen MR) is 156 cm³/mol. The number of urea groups is 1. The summed E-state index contributed by atoms with van der Waals surface area (Å²) in [6.07, 6.45) is -0.0401. The van der Waals surface area contributed by atoms with Gasteiger partial charge >= 0.3 is 12.0 Å². The molecule has 210 valence electrons. The average Bonchev–Trinajstić information content (AvgIpc) is 2.94. The topological polar surface area (TPSA) is 142 Å². The fourth-order valence-electron chi connectivity index (χ4n) is 3.85. The van der Waals surface area contributed by atoms with E-state index in [2.05, 4.69) is 16.0 Å². The summed E-state index contributed by atoms with van der Waals surface area (Å²) < 4.78 is 25.5. The van der Waals surface area contributed by atoms with E-state index in [0.29, 0.717) is 11.3 Å². The molecule has 4 aromatic rings. The highest BCUT2D eigenvalue weighted by Crippen LogP contribution is 2.26. The lowest BCUT2D eigenvalue weighted by molar-refractivity contribution is -0.139. The lowest BCUT2D eigenvalue weighted by Crippen LogP contribution is -2.44. The van der Waals surface area contributed by atoms with E-state index in [1.165, 1.54) is 36.4 Å². The molecule has 1 unspecified atom stereocenters. The van der Waals surface area contributed by atoms with Crippen molar-refractivity contribution in [2.75, 3.05) is 10.6 Å². The molecule has 4 aromatic carbocycles. The van der Waals surface area contributed by atoms with Gasteiger partial charge in [-0.15, -0.1) is 0 Å². The Bertz CT molecular complexity index is 1660. The first-order chi connectivity index (χ1) is 19.5. The van der Waals surface area contributed by atoms with E-state index in [-0.39, 0.29) is 37.5 Å². The van der Waals surface area contributed by atoms with Crippen LogP contribution < -0.4 is 16.0 Å². The normalized spacial score (nSPS) is 11.8. The highest BCUT2D eigenvalue weighted by Gasteiger charge is 2.22. The number of rotatable bonds is 9. The van der Waals surface area contributed by atoms with Gasteiger partial charge in [-0.05, 0) is 66.2 Å². The minimum atomic E-state index is -3.72. The van der Waals surface area contributed by atoms with Gasteiger partial charge in [-0.2, -0.15) is 0 Å². The maximum absolute atomic E-state index is 12.7. The molecule has 41 heavy (non-hydrogen) atoms. The van der Waals surface area contributed by atoms with Gasteiger partial charge in [0, 0.05) is 17.8 Å². The van der Waals surface area contributed by atoms with Gasteiger partial charge < -0.3 is 21.1 Å². The molecule has 0 aromatic heterocycles. The lowest BCUT2D eigenvalue weighted by Gasteiger charge is -2.16. The van der Waals surface area contributed by atoms with Gasteiger partial charge in [-0.1, -0.05) is 59.6 Å². The highest BCUT2D eigenvalue weighted by molar-refractivity contribution is 7.91. The van der Waals surface area contributed by atoms with Crippen LogP contribution in [0.1, 0.15) is 15.9 Å². The Morgan fingerprint density at radius 1 is 0.707 bits per heavy atom. The number of nitrogens with one attached hydrogen (secondary N) is 3. The molecule has 0 heterocycles. The number of aliphatic carboxylic acids is 1. The zero-order valence-electron chi connectivity index (χ0n) is 21.2. The van der Waals surface area contributed by atoms with Gasteiger partial charge in [-0.3, -0.25) is 4.79 Å². The lowest BCUT2D eigenvalue weighted by atomic mass is 10.1. The zero-order valence-corrected chi connectivity index (χ0v) is 23.5. The first-order valence-electron chi connectivity index (χ1n) is 12.1. The van der Waals surface area contributed by atoms with E-state index in [9.17, 15) is 27.9 Å². The maximum atomic E-state index is 12.7. The van der Waals surface area contributed by atoms with Gasteiger partial charge in [0.1, 0.15) is 6.04 Å². The Hall–Kier alpha value is -4.38. The summed E-state index contributed by atoms with van der Waals surface area (Å²) in [5.74, 6) is -1.75. The summed E-state index contributed by atoms with van der Waals surface area (Å²) in [5.41, 5.74) is 1.43. The first-order valence-corrected chi connectivity index (χ1v) is 14.3. The minimum Gasteiger partial charge on any atom is -0.480 e. The van der Waals surface area contributed by atoms with Crippen molar-refractivity contribution in [3.05, 3.63) is 118 Å². The first kappa shape index (κ1) is 29.6. The molecule has 4 rings (SSSR count). The molecule has 0 bridgehead atoms. The van der Waals surface area contributed by atoms with Crippen molar-refractivity contribution < 1.29 is 27.9 Å². The van der Waals surface area contributed by atoms with Crippen molar-refractivity contribution in [2.45, 2.75) is 22.3 Å². The number of carboxylic acids is 1. The molecule has 0 spiro atoms. The Morgan fingerprint density at radius 3 is 1.83 bits per heavy atom. The van der Waals surface area contributed by atoms with Crippen LogP contribution in [0.3, 0.4) is 0 Å². The maximum Gasteiger partial charge on any atom is 0.326 e. The summed E-state index contributed by atoms with van der Waals surface area (Å²) in [6.45, 7) is 0. The van der Waals surface area contributed by atoms with E-state index in [1.54, 1.807) is 60.7 Å². The van der Waals surface area contributed by atoms with Gasteiger partial charge in [0.15, 0.2) is 0 Å². The van der Waals surface area contributed by atoms with Crippen LogP contribution in [-0.2, 0) is 21.1 Å². The number of carboxylic acid groups (broad SMARTS) is 1. The second-order valence-corrected chi connectivity index (χ2v) is 11.5. The van der Waals surface area contributed by atoms with Gasteiger partial charge in [-0.25, -0.2) is 18.0 Å². The molecule has 3 amide bonds. The number of benzene rings is 4. The molecule has 0 aliphatic rings. The van der Waals surface area contributed by atoms with Crippen LogP contribution in [0.4, 0.5) is 16.2 Å². The van der Waals surface area contributed by atoms with Crippen molar-refractivity contribution in [3.8, 4) is 0 Å².